The Bertz CT molecular complexity index is 532. The van der Waals surface area contributed by atoms with Gasteiger partial charge in [0.2, 0.25) is 0 Å². The molecule has 0 fully saturated rings. The standard InChI is InChI=1S/C10H11IN4/c1-6-8-9(14-10(11)12-6)15-5-3-2-4-7(15)13-8/h2-5H2,1H3. The molecule has 1 aliphatic heterocycles. The average molecular weight is 314 g/mol. The molecule has 3 heterocycles. The van der Waals surface area contributed by atoms with Crippen molar-refractivity contribution in [2.75, 3.05) is 0 Å². The average Bonchev–Trinajstić information content (AvgIpc) is 2.57. The molecule has 2 aromatic heterocycles. The number of halogens is 1. The largest absolute Gasteiger partial charge is 0.313 e. The van der Waals surface area contributed by atoms with Crippen molar-refractivity contribution in [1.82, 2.24) is 19.5 Å². The van der Waals surface area contributed by atoms with Crippen molar-refractivity contribution in [2.45, 2.75) is 32.7 Å². The number of rotatable bonds is 0. The second-order valence-electron chi connectivity index (χ2n) is 3.89. The molecule has 0 radical (unpaired) electrons. The second kappa shape index (κ2) is 3.40. The number of aromatic nitrogens is 4. The lowest BCUT2D eigenvalue weighted by Crippen LogP contribution is -2.10. The van der Waals surface area contributed by atoms with E-state index >= 15 is 0 Å². The highest BCUT2D eigenvalue weighted by molar-refractivity contribution is 14.1. The van der Waals surface area contributed by atoms with Gasteiger partial charge in [-0.15, -0.1) is 0 Å². The van der Waals surface area contributed by atoms with Gasteiger partial charge in [0.25, 0.3) is 0 Å². The summed E-state index contributed by atoms with van der Waals surface area (Å²) in [6.07, 6.45) is 3.55. The quantitative estimate of drug-likeness (QED) is 0.552. The van der Waals surface area contributed by atoms with Crippen molar-refractivity contribution in [3.05, 3.63) is 15.3 Å². The number of nitrogens with zero attached hydrogens (tertiary/aromatic N) is 4. The molecule has 0 bridgehead atoms. The molecule has 15 heavy (non-hydrogen) atoms. The molecule has 0 unspecified atom stereocenters. The van der Waals surface area contributed by atoms with Gasteiger partial charge in [0.15, 0.2) is 9.48 Å². The molecule has 4 nitrogen and oxygen atoms in total. The predicted octanol–water partition coefficient (Wildman–Crippen LogP) is 2.08. The molecule has 0 N–H and O–H groups in total. The van der Waals surface area contributed by atoms with Crippen molar-refractivity contribution >= 4 is 33.8 Å². The highest BCUT2D eigenvalue weighted by atomic mass is 127. The fourth-order valence-corrected chi connectivity index (χ4v) is 2.72. The van der Waals surface area contributed by atoms with Crippen LogP contribution in [0.1, 0.15) is 24.4 Å². The van der Waals surface area contributed by atoms with Gasteiger partial charge in [0.05, 0.1) is 5.69 Å². The zero-order chi connectivity index (χ0) is 10.4. The van der Waals surface area contributed by atoms with Gasteiger partial charge in [-0.05, 0) is 19.8 Å². The van der Waals surface area contributed by atoms with Crippen LogP contribution in [0.4, 0.5) is 0 Å². The van der Waals surface area contributed by atoms with Crippen LogP contribution in [0.3, 0.4) is 0 Å². The molecule has 3 rings (SSSR count). The summed E-state index contributed by atoms with van der Waals surface area (Å²) in [5, 5.41) is 0. The molecule has 0 atom stereocenters. The normalized spacial score (nSPS) is 15.6. The van der Waals surface area contributed by atoms with Crippen LogP contribution in [0.25, 0.3) is 11.2 Å². The third kappa shape index (κ3) is 1.44. The van der Waals surface area contributed by atoms with Gasteiger partial charge in [-0.3, -0.25) is 0 Å². The van der Waals surface area contributed by atoms with E-state index in [4.69, 9.17) is 0 Å². The topological polar surface area (TPSA) is 43.6 Å². The second-order valence-corrected chi connectivity index (χ2v) is 4.85. The number of hydrogen-bond acceptors (Lipinski definition) is 3. The van der Waals surface area contributed by atoms with Crippen molar-refractivity contribution in [3.8, 4) is 0 Å². The Morgan fingerprint density at radius 1 is 1.20 bits per heavy atom. The van der Waals surface area contributed by atoms with Crippen LogP contribution < -0.4 is 0 Å². The molecule has 0 amide bonds. The third-order valence-corrected chi connectivity index (χ3v) is 3.34. The minimum atomic E-state index is 0.811. The van der Waals surface area contributed by atoms with Crippen molar-refractivity contribution in [3.63, 3.8) is 0 Å². The molecule has 5 heteroatoms. The number of aryl methyl sites for hydroxylation is 3. The molecule has 0 spiro atoms. The Kier molecular flexibility index (Phi) is 2.15. The van der Waals surface area contributed by atoms with E-state index < -0.39 is 0 Å². The zero-order valence-corrected chi connectivity index (χ0v) is 10.7. The van der Waals surface area contributed by atoms with Crippen molar-refractivity contribution in [2.24, 2.45) is 0 Å². The van der Waals surface area contributed by atoms with Gasteiger partial charge >= 0.3 is 0 Å². The first-order chi connectivity index (χ1) is 7.25. The maximum Gasteiger partial charge on any atom is 0.193 e. The van der Waals surface area contributed by atoms with E-state index in [1.165, 1.54) is 18.7 Å². The highest BCUT2D eigenvalue weighted by Gasteiger charge is 2.17. The Hall–Kier alpha value is -0.720. The van der Waals surface area contributed by atoms with Gasteiger partial charge in [-0.2, -0.15) is 0 Å². The van der Waals surface area contributed by atoms with Crippen LogP contribution >= 0.6 is 22.6 Å². The highest BCUT2D eigenvalue weighted by Crippen LogP contribution is 2.22. The van der Waals surface area contributed by atoms with Crippen molar-refractivity contribution < 1.29 is 0 Å². The van der Waals surface area contributed by atoms with Gasteiger partial charge in [-0.25, -0.2) is 15.0 Å². The summed E-state index contributed by atoms with van der Waals surface area (Å²) in [6.45, 7) is 3.06. The smallest absolute Gasteiger partial charge is 0.193 e. The van der Waals surface area contributed by atoms with E-state index in [1.807, 2.05) is 6.92 Å². The van der Waals surface area contributed by atoms with Crippen molar-refractivity contribution in [1.29, 1.82) is 0 Å². The summed E-state index contributed by atoms with van der Waals surface area (Å²) in [7, 11) is 0. The minimum absolute atomic E-state index is 0.811. The number of hydrogen-bond donors (Lipinski definition) is 0. The van der Waals surface area contributed by atoms with E-state index in [2.05, 4.69) is 42.1 Å². The molecular weight excluding hydrogens is 303 g/mol. The number of fused-ring (bicyclic) bond motifs is 3. The van der Waals surface area contributed by atoms with Crippen LogP contribution in [0.5, 0.6) is 0 Å². The van der Waals surface area contributed by atoms with Gasteiger partial charge in [0.1, 0.15) is 11.3 Å². The van der Waals surface area contributed by atoms with E-state index in [0.717, 1.165) is 33.7 Å². The summed E-state index contributed by atoms with van der Waals surface area (Å²) in [4.78, 5) is 13.5. The molecule has 0 aromatic carbocycles. The Morgan fingerprint density at radius 3 is 2.93 bits per heavy atom. The van der Waals surface area contributed by atoms with Gasteiger partial charge in [-0.1, -0.05) is 0 Å². The summed E-state index contributed by atoms with van der Waals surface area (Å²) < 4.78 is 3.06. The maximum atomic E-state index is 4.63. The van der Waals surface area contributed by atoms with Crippen LogP contribution in [-0.2, 0) is 13.0 Å². The lowest BCUT2D eigenvalue weighted by molar-refractivity contribution is 0.530. The SMILES string of the molecule is Cc1nc(I)nc2c1nc1n2CCCC1. The molecule has 0 saturated heterocycles. The first-order valence-electron chi connectivity index (χ1n) is 5.15. The maximum absolute atomic E-state index is 4.63. The molecule has 0 aliphatic carbocycles. The predicted molar refractivity (Wildman–Crippen MR) is 65.7 cm³/mol. The van der Waals surface area contributed by atoms with Gasteiger partial charge in [0, 0.05) is 35.6 Å². The summed E-state index contributed by atoms with van der Waals surface area (Å²) >= 11 is 2.16. The zero-order valence-electron chi connectivity index (χ0n) is 8.50. The molecule has 2 aromatic rings. The molecule has 0 saturated carbocycles. The fourth-order valence-electron chi connectivity index (χ4n) is 2.13. The monoisotopic (exact) mass is 314 g/mol. The Labute approximate surface area is 101 Å². The number of imidazole rings is 1. The Balaban J connectivity index is 2.37. The lowest BCUT2D eigenvalue weighted by Gasteiger charge is -2.13. The summed E-state index contributed by atoms with van der Waals surface area (Å²) in [5.41, 5.74) is 2.99. The van der Waals surface area contributed by atoms with Crippen LogP contribution in [0, 0.1) is 10.8 Å². The lowest BCUT2D eigenvalue weighted by atomic mass is 10.2. The first-order valence-corrected chi connectivity index (χ1v) is 6.23. The fraction of sp³-hybridized carbons (Fsp3) is 0.500. The third-order valence-electron chi connectivity index (χ3n) is 2.85. The van der Waals surface area contributed by atoms with Crippen LogP contribution in [-0.4, -0.2) is 19.5 Å². The van der Waals surface area contributed by atoms with E-state index in [-0.39, 0.29) is 0 Å². The molecular formula is C10H11IN4. The van der Waals surface area contributed by atoms with E-state index in [1.54, 1.807) is 0 Å². The molecule has 1 aliphatic rings. The minimum Gasteiger partial charge on any atom is -0.313 e. The Morgan fingerprint density at radius 2 is 2.07 bits per heavy atom. The van der Waals surface area contributed by atoms with Gasteiger partial charge < -0.3 is 4.57 Å². The van der Waals surface area contributed by atoms with E-state index in [0.29, 0.717) is 0 Å². The summed E-state index contributed by atoms with van der Waals surface area (Å²) in [6, 6.07) is 0. The van der Waals surface area contributed by atoms with E-state index in [9.17, 15) is 0 Å². The van der Waals surface area contributed by atoms with Crippen LogP contribution in [0.15, 0.2) is 0 Å². The van der Waals surface area contributed by atoms with Crippen LogP contribution in [0.2, 0.25) is 0 Å². The first kappa shape index (κ1) is 9.50. The summed E-state index contributed by atoms with van der Waals surface area (Å²) in [5.74, 6) is 1.18. The molecule has 78 valence electrons.